The molecular formula is C21H20F4N2O3. The number of aliphatic hydroxyl groups is 2. The Balaban J connectivity index is 2.21. The van der Waals surface area contributed by atoms with Gasteiger partial charge in [0.2, 0.25) is 5.60 Å². The molecule has 160 valence electrons. The van der Waals surface area contributed by atoms with Crippen molar-refractivity contribution in [3.05, 3.63) is 65.6 Å². The van der Waals surface area contributed by atoms with E-state index in [0.717, 1.165) is 23.9 Å². The van der Waals surface area contributed by atoms with E-state index < -0.39 is 30.2 Å². The van der Waals surface area contributed by atoms with Gasteiger partial charge in [0.25, 0.3) is 0 Å². The zero-order valence-electron chi connectivity index (χ0n) is 16.2. The molecule has 1 aromatic heterocycles. The number of ether oxygens (including phenoxy) is 1. The first kappa shape index (κ1) is 21.8. The summed E-state index contributed by atoms with van der Waals surface area (Å²) < 4.78 is 60.2. The van der Waals surface area contributed by atoms with E-state index >= 15 is 0 Å². The molecule has 2 unspecified atom stereocenters. The molecule has 0 radical (unpaired) electrons. The molecule has 0 fully saturated rings. The number of nitrogens with one attached hydrogen (secondary N) is 1. The highest BCUT2D eigenvalue weighted by Gasteiger charge is 2.59. The second-order valence-corrected chi connectivity index (χ2v) is 6.87. The van der Waals surface area contributed by atoms with Crippen LogP contribution in [0.4, 0.5) is 23.2 Å². The number of methoxy groups -OCH3 is 1. The fourth-order valence-corrected chi connectivity index (χ4v) is 3.26. The molecule has 1 heterocycles. The lowest BCUT2D eigenvalue weighted by molar-refractivity contribution is -0.277. The van der Waals surface area contributed by atoms with Crippen molar-refractivity contribution < 1.29 is 32.5 Å². The van der Waals surface area contributed by atoms with Crippen LogP contribution in [-0.4, -0.2) is 40.7 Å². The molecule has 2 aromatic carbocycles. The SMILES string of the molecule is COc1cc(F)ccc1C(Nc1cccc2nc(C)ccc12)C(O)(CO)C(F)(F)F. The van der Waals surface area contributed by atoms with E-state index in [9.17, 15) is 27.8 Å². The minimum absolute atomic E-state index is 0.176. The zero-order valence-corrected chi connectivity index (χ0v) is 16.2. The highest BCUT2D eigenvalue weighted by atomic mass is 19.4. The van der Waals surface area contributed by atoms with Crippen molar-refractivity contribution >= 4 is 16.6 Å². The number of rotatable bonds is 6. The molecule has 0 saturated carbocycles. The highest BCUT2D eigenvalue weighted by molar-refractivity contribution is 5.91. The predicted octanol–water partition coefficient (Wildman–Crippen LogP) is 4.13. The lowest BCUT2D eigenvalue weighted by Gasteiger charge is -2.38. The summed E-state index contributed by atoms with van der Waals surface area (Å²) in [5, 5.41) is 23.3. The summed E-state index contributed by atoms with van der Waals surface area (Å²) in [4.78, 5) is 4.34. The average molecular weight is 424 g/mol. The summed E-state index contributed by atoms with van der Waals surface area (Å²) in [5.74, 6) is -0.934. The van der Waals surface area contributed by atoms with E-state index in [1.807, 2.05) is 0 Å². The third-order valence-corrected chi connectivity index (χ3v) is 4.89. The Kier molecular flexibility index (Phi) is 5.87. The van der Waals surface area contributed by atoms with E-state index in [-0.39, 0.29) is 17.0 Å². The highest BCUT2D eigenvalue weighted by Crippen LogP contribution is 2.44. The van der Waals surface area contributed by atoms with Crippen LogP contribution in [0.3, 0.4) is 0 Å². The molecule has 2 atom stereocenters. The molecule has 0 saturated heterocycles. The van der Waals surface area contributed by atoms with Crippen LogP contribution in [-0.2, 0) is 0 Å². The van der Waals surface area contributed by atoms with Gasteiger partial charge >= 0.3 is 6.18 Å². The van der Waals surface area contributed by atoms with Gasteiger partial charge in [-0.1, -0.05) is 12.1 Å². The van der Waals surface area contributed by atoms with Gasteiger partial charge < -0.3 is 20.3 Å². The van der Waals surface area contributed by atoms with Gasteiger partial charge in [-0.25, -0.2) is 4.39 Å². The van der Waals surface area contributed by atoms with Gasteiger partial charge in [0, 0.05) is 28.4 Å². The summed E-state index contributed by atoms with van der Waals surface area (Å²) in [6, 6.07) is 9.23. The van der Waals surface area contributed by atoms with Crippen molar-refractivity contribution in [2.75, 3.05) is 19.0 Å². The molecule has 9 heteroatoms. The number of hydrogen-bond donors (Lipinski definition) is 3. The molecule has 0 spiro atoms. The summed E-state index contributed by atoms with van der Waals surface area (Å²) in [5.41, 5.74) is -2.27. The Morgan fingerprint density at radius 3 is 2.50 bits per heavy atom. The maximum Gasteiger partial charge on any atom is 0.421 e. The van der Waals surface area contributed by atoms with Crippen LogP contribution in [0.1, 0.15) is 17.3 Å². The van der Waals surface area contributed by atoms with Crippen LogP contribution < -0.4 is 10.1 Å². The number of pyridine rings is 1. The van der Waals surface area contributed by atoms with Crippen molar-refractivity contribution in [3.8, 4) is 5.75 Å². The Morgan fingerprint density at radius 1 is 1.13 bits per heavy atom. The lowest BCUT2D eigenvalue weighted by Crippen LogP contribution is -2.55. The Hall–Kier alpha value is -2.91. The van der Waals surface area contributed by atoms with Crippen LogP contribution in [0.2, 0.25) is 0 Å². The molecule has 3 N–H and O–H groups in total. The minimum atomic E-state index is -5.21. The second kappa shape index (κ2) is 8.08. The van der Waals surface area contributed by atoms with Crippen molar-refractivity contribution in [3.63, 3.8) is 0 Å². The van der Waals surface area contributed by atoms with Crippen molar-refractivity contribution in [1.82, 2.24) is 4.98 Å². The van der Waals surface area contributed by atoms with Gasteiger partial charge in [-0.2, -0.15) is 13.2 Å². The number of anilines is 1. The molecule has 3 aromatic rings. The van der Waals surface area contributed by atoms with E-state index in [1.54, 1.807) is 31.2 Å². The first-order valence-electron chi connectivity index (χ1n) is 8.97. The summed E-state index contributed by atoms with van der Waals surface area (Å²) in [6.45, 7) is 0.150. The molecule has 0 aliphatic carbocycles. The monoisotopic (exact) mass is 424 g/mol. The van der Waals surface area contributed by atoms with Crippen LogP contribution in [0.25, 0.3) is 10.9 Å². The molecular weight excluding hydrogens is 404 g/mol. The summed E-state index contributed by atoms with van der Waals surface area (Å²) in [7, 11) is 1.17. The van der Waals surface area contributed by atoms with E-state index in [0.29, 0.717) is 10.9 Å². The zero-order chi connectivity index (χ0) is 22.1. The number of nitrogens with zero attached hydrogens (tertiary/aromatic N) is 1. The standard InChI is InChI=1S/C21H20F4N2O3/c1-12-6-8-14-16(26-12)4-3-5-17(14)27-19(20(29,11-28)21(23,24)25)15-9-7-13(22)10-18(15)30-2/h3-10,19,27-29H,11H2,1-2H3. The maximum atomic E-state index is 13.8. The summed E-state index contributed by atoms with van der Waals surface area (Å²) in [6.07, 6.45) is -5.21. The normalized spacial score (nSPS) is 14.9. The molecule has 0 amide bonds. The molecule has 0 bridgehead atoms. The number of hydrogen-bond acceptors (Lipinski definition) is 5. The third-order valence-electron chi connectivity index (χ3n) is 4.89. The Labute approximate surface area is 169 Å². The number of alkyl halides is 3. The Bertz CT molecular complexity index is 1060. The van der Waals surface area contributed by atoms with Gasteiger partial charge in [-0.15, -0.1) is 0 Å². The van der Waals surface area contributed by atoms with Crippen molar-refractivity contribution in [1.29, 1.82) is 0 Å². The second-order valence-electron chi connectivity index (χ2n) is 6.87. The van der Waals surface area contributed by atoms with Gasteiger partial charge in [0.05, 0.1) is 25.3 Å². The fraction of sp³-hybridized carbons (Fsp3) is 0.286. The quantitative estimate of drug-likeness (QED) is 0.519. The predicted molar refractivity (Wildman–Crippen MR) is 104 cm³/mol. The van der Waals surface area contributed by atoms with E-state index in [1.165, 1.54) is 13.2 Å². The molecule has 30 heavy (non-hydrogen) atoms. The van der Waals surface area contributed by atoms with Crippen LogP contribution in [0.15, 0.2) is 48.5 Å². The number of halogens is 4. The fourth-order valence-electron chi connectivity index (χ4n) is 3.26. The maximum absolute atomic E-state index is 13.8. The minimum Gasteiger partial charge on any atom is -0.496 e. The van der Waals surface area contributed by atoms with Crippen molar-refractivity contribution in [2.45, 2.75) is 24.7 Å². The van der Waals surface area contributed by atoms with Crippen LogP contribution in [0.5, 0.6) is 5.75 Å². The number of aryl methyl sites for hydroxylation is 1. The van der Waals surface area contributed by atoms with Crippen molar-refractivity contribution in [2.24, 2.45) is 0 Å². The van der Waals surface area contributed by atoms with Gasteiger partial charge in [-0.3, -0.25) is 4.98 Å². The van der Waals surface area contributed by atoms with Crippen LogP contribution in [0, 0.1) is 12.7 Å². The number of fused-ring (bicyclic) bond motifs is 1. The lowest BCUT2D eigenvalue weighted by atomic mass is 9.87. The number of aromatic nitrogens is 1. The Morgan fingerprint density at radius 2 is 1.87 bits per heavy atom. The summed E-state index contributed by atoms with van der Waals surface area (Å²) >= 11 is 0. The number of aliphatic hydroxyl groups excluding tert-OH is 1. The molecule has 0 aliphatic heterocycles. The number of benzene rings is 2. The van der Waals surface area contributed by atoms with Gasteiger partial charge in [0.1, 0.15) is 11.6 Å². The van der Waals surface area contributed by atoms with Gasteiger partial charge in [-0.05, 0) is 37.3 Å². The van der Waals surface area contributed by atoms with Gasteiger partial charge in [0.15, 0.2) is 0 Å². The molecule has 5 nitrogen and oxygen atoms in total. The molecule has 0 aliphatic rings. The first-order valence-corrected chi connectivity index (χ1v) is 8.97. The van der Waals surface area contributed by atoms with Crippen LogP contribution >= 0.6 is 0 Å². The average Bonchev–Trinajstić information content (AvgIpc) is 2.70. The first-order chi connectivity index (χ1) is 14.1. The largest absolute Gasteiger partial charge is 0.496 e. The topological polar surface area (TPSA) is 74.6 Å². The third kappa shape index (κ3) is 3.90. The van der Waals surface area contributed by atoms with E-state index in [4.69, 9.17) is 4.74 Å². The molecule has 3 rings (SSSR count). The smallest absolute Gasteiger partial charge is 0.421 e. The van der Waals surface area contributed by atoms with E-state index in [2.05, 4.69) is 10.3 Å².